The first kappa shape index (κ1) is 15.4. The SMILES string of the molecule is Cc1[nH]c(=O)sc1S(=O)(=O)N[C@@H](C(=O)O)c1ccccc1. The second kappa shape index (κ2) is 5.80. The summed E-state index contributed by atoms with van der Waals surface area (Å²) in [6, 6.07) is 6.51. The van der Waals surface area contributed by atoms with Gasteiger partial charge in [-0.05, 0) is 12.5 Å². The summed E-state index contributed by atoms with van der Waals surface area (Å²) in [5, 5.41) is 9.22. The zero-order chi connectivity index (χ0) is 15.6. The summed E-state index contributed by atoms with van der Waals surface area (Å²) in [5.74, 6) is -1.33. The number of aromatic amines is 1. The Bertz CT molecular complexity index is 808. The molecule has 1 atom stereocenters. The number of H-pyrrole nitrogens is 1. The molecule has 0 bridgehead atoms. The van der Waals surface area contributed by atoms with Gasteiger partial charge in [-0.15, -0.1) is 0 Å². The predicted molar refractivity (Wildman–Crippen MR) is 76.8 cm³/mol. The lowest BCUT2D eigenvalue weighted by molar-refractivity contribution is -0.139. The van der Waals surface area contributed by atoms with Gasteiger partial charge in [0, 0.05) is 5.69 Å². The number of carboxylic acids is 1. The van der Waals surface area contributed by atoms with Crippen LogP contribution in [0.25, 0.3) is 0 Å². The molecule has 1 heterocycles. The summed E-state index contributed by atoms with van der Waals surface area (Å²) in [7, 11) is -4.11. The fourth-order valence-electron chi connectivity index (χ4n) is 1.76. The van der Waals surface area contributed by atoms with Crippen molar-refractivity contribution in [3.05, 3.63) is 51.3 Å². The highest BCUT2D eigenvalue weighted by Crippen LogP contribution is 2.20. The van der Waals surface area contributed by atoms with Crippen molar-refractivity contribution in [2.45, 2.75) is 17.2 Å². The second-order valence-corrected chi connectivity index (χ2v) is 7.12. The van der Waals surface area contributed by atoms with Gasteiger partial charge in [0.15, 0.2) is 4.21 Å². The molecular formula is C12H12N2O5S2. The first-order chi connectivity index (χ1) is 9.81. The molecule has 2 aromatic rings. The Hall–Kier alpha value is -1.97. The monoisotopic (exact) mass is 328 g/mol. The van der Waals surface area contributed by atoms with Gasteiger partial charge in [0.05, 0.1) is 0 Å². The van der Waals surface area contributed by atoms with Crippen LogP contribution < -0.4 is 9.60 Å². The number of carbonyl (C=O) groups is 1. The Morgan fingerprint density at radius 3 is 2.43 bits per heavy atom. The van der Waals surface area contributed by atoms with Crippen molar-refractivity contribution < 1.29 is 18.3 Å². The minimum Gasteiger partial charge on any atom is -0.480 e. The van der Waals surface area contributed by atoms with Gasteiger partial charge < -0.3 is 10.1 Å². The molecule has 0 spiro atoms. The number of aryl methyl sites for hydroxylation is 1. The summed E-state index contributed by atoms with van der Waals surface area (Å²) in [6.07, 6.45) is 0. The van der Waals surface area contributed by atoms with Crippen molar-refractivity contribution in [3.8, 4) is 0 Å². The number of carboxylic acid groups (broad SMARTS) is 1. The van der Waals surface area contributed by atoms with Crippen LogP contribution in [-0.2, 0) is 14.8 Å². The van der Waals surface area contributed by atoms with Crippen LogP contribution in [0.4, 0.5) is 0 Å². The van der Waals surface area contributed by atoms with Gasteiger partial charge in [-0.2, -0.15) is 4.72 Å². The van der Waals surface area contributed by atoms with E-state index < -0.39 is 26.9 Å². The minimum atomic E-state index is -4.11. The summed E-state index contributed by atoms with van der Waals surface area (Å²) in [4.78, 5) is 24.3. The molecule has 0 unspecified atom stereocenters. The summed E-state index contributed by atoms with van der Waals surface area (Å²) in [6.45, 7) is 1.44. The molecule has 3 N–H and O–H groups in total. The smallest absolute Gasteiger partial charge is 0.326 e. The molecule has 0 saturated heterocycles. The quantitative estimate of drug-likeness (QED) is 0.752. The Labute approximate surface area is 124 Å². The maximum atomic E-state index is 12.2. The van der Waals surface area contributed by atoms with Gasteiger partial charge in [0.1, 0.15) is 6.04 Å². The largest absolute Gasteiger partial charge is 0.480 e. The van der Waals surface area contributed by atoms with Crippen molar-refractivity contribution in [1.82, 2.24) is 9.71 Å². The number of sulfonamides is 1. The molecule has 0 fully saturated rings. The van der Waals surface area contributed by atoms with E-state index in [0.29, 0.717) is 16.9 Å². The van der Waals surface area contributed by atoms with Crippen LogP contribution in [0.15, 0.2) is 39.3 Å². The molecule has 2 rings (SSSR count). The molecule has 0 aliphatic carbocycles. The summed E-state index contributed by atoms with van der Waals surface area (Å²) in [5.41, 5.74) is 0.476. The van der Waals surface area contributed by atoms with E-state index in [0.717, 1.165) is 0 Å². The lowest BCUT2D eigenvalue weighted by Gasteiger charge is -2.14. The minimum absolute atomic E-state index is 0.176. The zero-order valence-corrected chi connectivity index (χ0v) is 12.5. The van der Waals surface area contributed by atoms with Crippen LogP contribution in [0.5, 0.6) is 0 Å². The highest BCUT2D eigenvalue weighted by atomic mass is 32.2. The molecule has 112 valence electrons. The van der Waals surface area contributed by atoms with E-state index in [1.807, 2.05) is 0 Å². The maximum Gasteiger partial charge on any atom is 0.326 e. The number of thiazole rings is 1. The third kappa shape index (κ3) is 3.38. The molecule has 0 aliphatic heterocycles. The van der Waals surface area contributed by atoms with Crippen LogP contribution in [0, 0.1) is 6.92 Å². The van der Waals surface area contributed by atoms with Gasteiger partial charge >= 0.3 is 10.8 Å². The number of hydrogen-bond acceptors (Lipinski definition) is 5. The molecule has 0 aliphatic rings. The lowest BCUT2D eigenvalue weighted by Crippen LogP contribution is -2.33. The van der Waals surface area contributed by atoms with E-state index in [9.17, 15) is 23.1 Å². The average molecular weight is 328 g/mol. The molecular weight excluding hydrogens is 316 g/mol. The molecule has 7 nitrogen and oxygen atoms in total. The van der Waals surface area contributed by atoms with Gasteiger partial charge in [-0.1, -0.05) is 41.7 Å². The molecule has 1 aromatic carbocycles. The van der Waals surface area contributed by atoms with E-state index in [1.165, 1.54) is 19.1 Å². The summed E-state index contributed by atoms with van der Waals surface area (Å²) < 4.78 is 26.4. The molecule has 1 aromatic heterocycles. The van der Waals surface area contributed by atoms with Crippen molar-refractivity contribution >= 4 is 27.3 Å². The van der Waals surface area contributed by atoms with Gasteiger partial charge in [-0.3, -0.25) is 9.59 Å². The Morgan fingerprint density at radius 1 is 1.33 bits per heavy atom. The predicted octanol–water partition coefficient (Wildman–Crippen LogP) is 0.849. The molecule has 0 radical (unpaired) electrons. The van der Waals surface area contributed by atoms with E-state index >= 15 is 0 Å². The topological polar surface area (TPSA) is 116 Å². The third-order valence-electron chi connectivity index (χ3n) is 2.68. The lowest BCUT2D eigenvalue weighted by atomic mass is 10.1. The van der Waals surface area contributed by atoms with Gasteiger partial charge in [0.25, 0.3) is 10.0 Å². The number of aromatic nitrogens is 1. The number of aliphatic carboxylic acids is 1. The number of hydrogen-bond donors (Lipinski definition) is 3. The van der Waals surface area contributed by atoms with E-state index in [2.05, 4.69) is 9.71 Å². The highest BCUT2D eigenvalue weighted by molar-refractivity contribution is 7.91. The van der Waals surface area contributed by atoms with E-state index in [1.54, 1.807) is 18.2 Å². The normalized spacial score (nSPS) is 13.0. The van der Waals surface area contributed by atoms with Crippen LogP contribution in [-0.4, -0.2) is 24.5 Å². The van der Waals surface area contributed by atoms with Crippen LogP contribution in [0.3, 0.4) is 0 Å². The Morgan fingerprint density at radius 2 is 1.95 bits per heavy atom. The van der Waals surface area contributed by atoms with Crippen molar-refractivity contribution in [2.24, 2.45) is 0 Å². The maximum absolute atomic E-state index is 12.2. The zero-order valence-electron chi connectivity index (χ0n) is 10.9. The number of nitrogens with one attached hydrogen (secondary N) is 2. The average Bonchev–Trinajstić information content (AvgIpc) is 2.77. The Kier molecular flexibility index (Phi) is 4.26. The van der Waals surface area contributed by atoms with Crippen molar-refractivity contribution in [3.63, 3.8) is 0 Å². The van der Waals surface area contributed by atoms with Crippen LogP contribution in [0.2, 0.25) is 0 Å². The summed E-state index contributed by atoms with van der Waals surface area (Å²) >= 11 is 0.516. The van der Waals surface area contributed by atoms with E-state index in [4.69, 9.17) is 0 Å². The Balaban J connectivity index is 2.40. The number of benzene rings is 1. The van der Waals surface area contributed by atoms with Crippen molar-refractivity contribution in [1.29, 1.82) is 0 Å². The van der Waals surface area contributed by atoms with Gasteiger partial charge in [0.2, 0.25) is 0 Å². The molecule has 21 heavy (non-hydrogen) atoms. The van der Waals surface area contributed by atoms with Crippen LogP contribution >= 0.6 is 11.3 Å². The fourth-order valence-corrected chi connectivity index (χ4v) is 4.26. The highest BCUT2D eigenvalue weighted by Gasteiger charge is 2.29. The van der Waals surface area contributed by atoms with E-state index in [-0.39, 0.29) is 9.90 Å². The van der Waals surface area contributed by atoms with Crippen LogP contribution in [0.1, 0.15) is 17.3 Å². The standard InChI is InChI=1S/C12H12N2O5S2/c1-7-11(20-12(17)13-7)21(18,19)14-9(10(15)16)8-5-3-2-4-6-8/h2-6,9,14H,1H3,(H,13,17)(H,15,16)/t9-/m1/s1. The molecule has 0 saturated carbocycles. The third-order valence-corrected chi connectivity index (χ3v) is 5.71. The first-order valence-electron chi connectivity index (χ1n) is 5.81. The molecule has 9 heteroatoms. The first-order valence-corrected chi connectivity index (χ1v) is 8.11. The van der Waals surface area contributed by atoms with Crippen molar-refractivity contribution in [2.75, 3.05) is 0 Å². The number of rotatable bonds is 5. The molecule has 0 amide bonds. The van der Waals surface area contributed by atoms with Gasteiger partial charge in [-0.25, -0.2) is 8.42 Å². The fraction of sp³-hybridized carbons (Fsp3) is 0.167. The second-order valence-electron chi connectivity index (χ2n) is 4.23.